The van der Waals surface area contributed by atoms with Gasteiger partial charge in [0.25, 0.3) is 0 Å². The molecule has 1 aromatic heterocycles. The van der Waals surface area contributed by atoms with Crippen molar-refractivity contribution < 1.29 is 15.0 Å². The molecule has 1 unspecified atom stereocenters. The summed E-state index contributed by atoms with van der Waals surface area (Å²) in [5.41, 5.74) is -1.43. The first-order valence-electron chi connectivity index (χ1n) is 2.55. The van der Waals surface area contributed by atoms with Crippen molar-refractivity contribution in [1.29, 1.82) is 0 Å². The van der Waals surface area contributed by atoms with Crippen LogP contribution < -0.4 is 0 Å². The first-order chi connectivity index (χ1) is 5.20. The maximum absolute atomic E-state index is 10.1. The van der Waals surface area contributed by atoms with E-state index in [0.29, 0.717) is 4.21 Å². The van der Waals surface area contributed by atoms with Crippen LogP contribution in [-0.2, 0) is 4.79 Å². The van der Waals surface area contributed by atoms with Crippen LogP contribution in [0.1, 0.15) is 0 Å². The van der Waals surface area contributed by atoms with Crippen molar-refractivity contribution in [1.82, 2.24) is 9.59 Å². The summed E-state index contributed by atoms with van der Waals surface area (Å²) in [7, 11) is 0. The second kappa shape index (κ2) is 3.65. The van der Waals surface area contributed by atoms with E-state index in [2.05, 4.69) is 9.59 Å². The minimum absolute atomic E-state index is 0.583. The maximum atomic E-state index is 10.1. The predicted molar refractivity (Wildman–Crippen MR) is 39.4 cm³/mol. The lowest BCUT2D eigenvalue weighted by Gasteiger charge is -1.99. The lowest BCUT2D eigenvalue weighted by Crippen LogP contribution is -2.14. The van der Waals surface area contributed by atoms with Crippen molar-refractivity contribution in [2.75, 3.05) is 0 Å². The molecule has 1 aromatic rings. The Morgan fingerprint density at radius 2 is 2.55 bits per heavy atom. The van der Waals surface area contributed by atoms with Crippen molar-refractivity contribution in [3.63, 3.8) is 0 Å². The summed E-state index contributed by atoms with van der Waals surface area (Å²) in [4.78, 5) is 10.1. The van der Waals surface area contributed by atoms with Crippen molar-refractivity contribution in [3.8, 4) is 0 Å². The van der Waals surface area contributed by atoms with Crippen LogP contribution in [0.3, 0.4) is 0 Å². The number of thioether (sulfide) groups is 1. The van der Waals surface area contributed by atoms with Crippen LogP contribution in [0.25, 0.3) is 0 Å². The Hall–Kier alpha value is -0.660. The fraction of sp³-hybridized carbons (Fsp3) is 0.250. The van der Waals surface area contributed by atoms with Crippen LogP contribution in [-0.4, -0.2) is 31.2 Å². The summed E-state index contributed by atoms with van der Waals surface area (Å²) >= 11 is 1.86. The summed E-state index contributed by atoms with van der Waals surface area (Å²) in [5.74, 6) is -1.26. The molecule has 0 fully saturated rings. The van der Waals surface area contributed by atoms with E-state index in [-0.39, 0.29) is 0 Å². The number of aliphatic hydroxyl groups excluding tert-OH is 1. The largest absolute Gasteiger partial charge is 0.479 e. The van der Waals surface area contributed by atoms with E-state index in [1.807, 2.05) is 0 Å². The fourth-order valence-electron chi connectivity index (χ4n) is 0.370. The van der Waals surface area contributed by atoms with Gasteiger partial charge in [0.2, 0.25) is 5.44 Å². The van der Waals surface area contributed by atoms with E-state index >= 15 is 0 Å². The van der Waals surface area contributed by atoms with E-state index < -0.39 is 11.4 Å². The molecule has 0 saturated heterocycles. The normalized spacial score (nSPS) is 12.8. The van der Waals surface area contributed by atoms with Crippen LogP contribution >= 0.6 is 23.3 Å². The standard InChI is InChI=1S/C4H4N2O3S2/c7-3(8)4(9)10-2-1-5-6-11-2/h1,4,9H,(H,7,8). The van der Waals surface area contributed by atoms with Crippen molar-refractivity contribution in [2.24, 2.45) is 0 Å². The minimum Gasteiger partial charge on any atom is -0.479 e. The number of aliphatic carboxylic acids is 1. The molecule has 7 heteroatoms. The third-order valence-corrected chi connectivity index (χ3v) is 2.52. The number of nitrogens with zero attached hydrogens (tertiary/aromatic N) is 2. The SMILES string of the molecule is O=C(O)C(O)Sc1cnns1. The number of aliphatic hydroxyl groups is 1. The molecule has 0 bridgehead atoms. The molecule has 0 aromatic carbocycles. The van der Waals surface area contributed by atoms with Crippen LogP contribution in [0.15, 0.2) is 10.4 Å². The topological polar surface area (TPSA) is 83.3 Å². The molecule has 0 radical (unpaired) electrons. The molecule has 11 heavy (non-hydrogen) atoms. The van der Waals surface area contributed by atoms with E-state index in [1.165, 1.54) is 6.20 Å². The third-order valence-electron chi connectivity index (χ3n) is 0.780. The lowest BCUT2D eigenvalue weighted by atomic mass is 10.7. The van der Waals surface area contributed by atoms with Gasteiger partial charge in [0.1, 0.15) is 4.21 Å². The number of hydrogen-bond donors (Lipinski definition) is 2. The zero-order chi connectivity index (χ0) is 8.27. The first kappa shape index (κ1) is 8.44. The summed E-state index contributed by atoms with van der Waals surface area (Å²) in [6.45, 7) is 0. The predicted octanol–water partition coefficient (Wildman–Crippen LogP) is 0.0332. The van der Waals surface area contributed by atoms with Gasteiger partial charge in [-0.1, -0.05) is 16.3 Å². The summed E-state index contributed by atoms with van der Waals surface area (Å²) < 4.78 is 4.08. The zero-order valence-electron chi connectivity index (χ0n) is 5.17. The number of carboxylic acid groups (broad SMARTS) is 1. The Morgan fingerprint density at radius 3 is 3.00 bits per heavy atom. The number of carboxylic acids is 1. The Labute approximate surface area is 70.2 Å². The van der Waals surface area contributed by atoms with Crippen LogP contribution in [0.2, 0.25) is 0 Å². The molecule has 5 nitrogen and oxygen atoms in total. The molecule has 0 aliphatic heterocycles. The average Bonchev–Trinajstić information content (AvgIpc) is 2.39. The number of rotatable bonds is 3. The average molecular weight is 192 g/mol. The van der Waals surface area contributed by atoms with E-state index in [4.69, 9.17) is 10.2 Å². The molecule has 0 spiro atoms. The molecule has 1 atom stereocenters. The van der Waals surface area contributed by atoms with Gasteiger partial charge >= 0.3 is 5.97 Å². The third kappa shape index (κ3) is 2.45. The molecular weight excluding hydrogens is 188 g/mol. The summed E-state index contributed by atoms with van der Waals surface area (Å²) in [6, 6.07) is 0. The summed E-state index contributed by atoms with van der Waals surface area (Å²) in [5, 5.41) is 20.6. The van der Waals surface area contributed by atoms with Gasteiger partial charge in [0.15, 0.2) is 0 Å². The monoisotopic (exact) mass is 192 g/mol. The van der Waals surface area contributed by atoms with Gasteiger partial charge in [0.05, 0.1) is 6.20 Å². The van der Waals surface area contributed by atoms with Crippen molar-refractivity contribution >= 4 is 29.3 Å². The van der Waals surface area contributed by atoms with Gasteiger partial charge in [-0.05, 0) is 11.5 Å². The molecule has 60 valence electrons. The van der Waals surface area contributed by atoms with Gasteiger partial charge in [-0.2, -0.15) is 0 Å². The smallest absolute Gasteiger partial charge is 0.343 e. The Balaban J connectivity index is 2.50. The van der Waals surface area contributed by atoms with Crippen molar-refractivity contribution in [3.05, 3.63) is 6.20 Å². The van der Waals surface area contributed by atoms with E-state index in [9.17, 15) is 4.79 Å². The minimum atomic E-state index is -1.43. The molecule has 0 aliphatic rings. The highest BCUT2D eigenvalue weighted by Crippen LogP contribution is 2.23. The van der Waals surface area contributed by atoms with Gasteiger partial charge in [-0.3, -0.25) is 0 Å². The molecule has 1 rings (SSSR count). The highest BCUT2D eigenvalue weighted by atomic mass is 32.2. The molecule has 2 N–H and O–H groups in total. The molecule has 0 amide bonds. The van der Waals surface area contributed by atoms with Gasteiger partial charge in [-0.25, -0.2) is 4.79 Å². The van der Waals surface area contributed by atoms with E-state index in [1.54, 1.807) is 0 Å². The maximum Gasteiger partial charge on any atom is 0.343 e. The lowest BCUT2D eigenvalue weighted by molar-refractivity contribution is -0.141. The van der Waals surface area contributed by atoms with Gasteiger partial charge < -0.3 is 10.2 Å². The van der Waals surface area contributed by atoms with Crippen molar-refractivity contribution in [2.45, 2.75) is 9.65 Å². The second-order valence-electron chi connectivity index (χ2n) is 1.54. The fourth-order valence-corrected chi connectivity index (χ4v) is 1.61. The molecule has 0 aliphatic carbocycles. The highest BCUT2D eigenvalue weighted by Gasteiger charge is 2.15. The molecule has 0 saturated carbocycles. The van der Waals surface area contributed by atoms with Crippen LogP contribution in [0, 0.1) is 0 Å². The number of aromatic nitrogens is 2. The number of carbonyl (C=O) groups is 1. The first-order valence-corrected chi connectivity index (χ1v) is 4.20. The van der Waals surface area contributed by atoms with Crippen LogP contribution in [0.5, 0.6) is 0 Å². The Kier molecular flexibility index (Phi) is 2.80. The second-order valence-corrected chi connectivity index (χ2v) is 3.71. The Morgan fingerprint density at radius 1 is 1.82 bits per heavy atom. The van der Waals surface area contributed by atoms with Crippen LogP contribution in [0.4, 0.5) is 0 Å². The van der Waals surface area contributed by atoms with Gasteiger partial charge in [0, 0.05) is 0 Å². The molecule has 1 heterocycles. The summed E-state index contributed by atoms with van der Waals surface area (Å²) in [6.07, 6.45) is 1.40. The van der Waals surface area contributed by atoms with E-state index in [0.717, 1.165) is 23.3 Å². The number of hydrogen-bond acceptors (Lipinski definition) is 6. The zero-order valence-corrected chi connectivity index (χ0v) is 6.80. The Bertz CT molecular complexity index is 237. The highest BCUT2D eigenvalue weighted by molar-refractivity contribution is 8.02. The molecular formula is C4H4N2O3S2. The van der Waals surface area contributed by atoms with Gasteiger partial charge in [-0.15, -0.1) is 5.10 Å². The quantitative estimate of drug-likeness (QED) is 0.519.